The summed E-state index contributed by atoms with van der Waals surface area (Å²) in [5.41, 5.74) is 5.40. The number of rotatable bonds is 55. The van der Waals surface area contributed by atoms with Crippen molar-refractivity contribution in [3.63, 3.8) is 0 Å². The molecule has 2 atom stereocenters. The summed E-state index contributed by atoms with van der Waals surface area (Å²) in [6.07, 6.45) is 61.2. The Bertz CT molecular complexity index is 997. The van der Waals surface area contributed by atoms with Crippen LogP contribution in [-0.2, 0) is 27.9 Å². The zero-order chi connectivity index (χ0) is 46.5. The van der Waals surface area contributed by atoms with Crippen LogP contribution in [0.5, 0.6) is 0 Å². The average Bonchev–Trinajstić information content (AvgIpc) is 3.29. The van der Waals surface area contributed by atoms with Crippen LogP contribution in [0, 0.1) is 0 Å². The third kappa shape index (κ3) is 52.2. The molecule has 0 bridgehead atoms. The maximum Gasteiger partial charge on any atom is 0.472 e. The minimum Gasteiger partial charge on any atom is -0.457 e. The van der Waals surface area contributed by atoms with Crippen molar-refractivity contribution in [3.8, 4) is 0 Å². The van der Waals surface area contributed by atoms with E-state index < -0.39 is 13.9 Å². The Morgan fingerprint density at radius 2 is 0.781 bits per heavy atom. The number of carbonyl (C=O) groups is 1. The van der Waals surface area contributed by atoms with E-state index in [1.165, 1.54) is 244 Å². The number of phosphoric acid groups is 1. The Morgan fingerprint density at radius 3 is 1.14 bits per heavy atom. The maximum atomic E-state index is 12.7. The van der Waals surface area contributed by atoms with E-state index in [0.29, 0.717) is 13.0 Å². The summed E-state index contributed by atoms with van der Waals surface area (Å²) in [7, 11) is -4.28. The second kappa shape index (κ2) is 53.2. The maximum absolute atomic E-state index is 12.7. The smallest absolute Gasteiger partial charge is 0.457 e. The molecule has 0 aliphatic heterocycles. The van der Waals surface area contributed by atoms with Gasteiger partial charge in [-0.05, 0) is 38.5 Å². The molecule has 0 aliphatic rings. The van der Waals surface area contributed by atoms with Crippen molar-refractivity contribution in [1.29, 1.82) is 0 Å². The topological polar surface area (TPSA) is 117 Å². The average molecular weight is 928 g/mol. The standard InChI is InChI=1S/C55H110NO7P/c1-3-5-7-9-11-13-15-17-19-21-23-24-25-26-27-28-29-31-33-35-37-39-41-43-45-47-50-60-52-54(53-62-64(58,59)61-51-49-56)63-55(57)48-46-44-42-40-38-36-34-32-30-22-20-18-16-14-12-10-8-6-4-2/h18,20,54H,3-17,19,21-53,56H2,1-2H3,(H,58,59)/b20-18-. The first kappa shape index (κ1) is 63.2. The summed E-state index contributed by atoms with van der Waals surface area (Å²) in [5, 5.41) is 0. The van der Waals surface area contributed by atoms with Crippen molar-refractivity contribution < 1.29 is 32.8 Å². The second-order valence-electron chi connectivity index (χ2n) is 19.2. The number of hydrogen-bond acceptors (Lipinski definition) is 7. The molecule has 8 nitrogen and oxygen atoms in total. The van der Waals surface area contributed by atoms with Gasteiger partial charge >= 0.3 is 13.8 Å². The molecule has 0 aliphatic carbocycles. The number of ether oxygens (including phenoxy) is 2. The molecule has 0 amide bonds. The molecule has 0 rings (SSSR count). The van der Waals surface area contributed by atoms with Gasteiger partial charge in [-0.25, -0.2) is 4.57 Å². The van der Waals surface area contributed by atoms with Gasteiger partial charge in [0.25, 0.3) is 0 Å². The van der Waals surface area contributed by atoms with E-state index in [1.807, 2.05) is 0 Å². The van der Waals surface area contributed by atoms with Gasteiger partial charge in [-0.3, -0.25) is 13.8 Å². The molecular weight excluding hydrogens is 818 g/mol. The number of hydrogen-bond donors (Lipinski definition) is 2. The van der Waals surface area contributed by atoms with Gasteiger partial charge in [-0.1, -0.05) is 264 Å². The van der Waals surface area contributed by atoms with E-state index in [-0.39, 0.29) is 32.3 Å². The summed E-state index contributed by atoms with van der Waals surface area (Å²) < 4.78 is 33.7. The lowest BCUT2D eigenvalue weighted by Gasteiger charge is -2.20. The van der Waals surface area contributed by atoms with Crippen LogP contribution in [0.3, 0.4) is 0 Å². The molecule has 0 saturated carbocycles. The van der Waals surface area contributed by atoms with Crippen LogP contribution >= 0.6 is 7.82 Å². The SMILES string of the molecule is CCCCCCCC/C=C\CCCCCCCCCCCC(=O)OC(COCCCCCCCCCCCCCCCCCCCCCCCCCCCC)COP(=O)(O)OCCN. The molecule has 0 spiro atoms. The lowest BCUT2D eigenvalue weighted by atomic mass is 10.0. The Kier molecular flexibility index (Phi) is 52.6. The van der Waals surface area contributed by atoms with Crippen molar-refractivity contribution in [1.82, 2.24) is 0 Å². The fourth-order valence-corrected chi connectivity index (χ4v) is 9.29. The Hall–Kier alpha value is -0.760. The Morgan fingerprint density at radius 1 is 0.453 bits per heavy atom. The predicted octanol–water partition coefficient (Wildman–Crippen LogP) is 17.8. The lowest BCUT2D eigenvalue weighted by molar-refractivity contribution is -0.154. The highest BCUT2D eigenvalue weighted by Crippen LogP contribution is 2.43. The number of allylic oxidation sites excluding steroid dienone is 2. The molecule has 0 aromatic heterocycles. The van der Waals surface area contributed by atoms with E-state index in [0.717, 1.165) is 32.1 Å². The summed E-state index contributed by atoms with van der Waals surface area (Å²) in [4.78, 5) is 22.6. The number of nitrogens with two attached hydrogens (primary N) is 1. The third-order valence-corrected chi connectivity index (χ3v) is 13.7. The van der Waals surface area contributed by atoms with E-state index in [2.05, 4.69) is 26.0 Å². The van der Waals surface area contributed by atoms with E-state index in [1.54, 1.807) is 0 Å². The molecule has 64 heavy (non-hydrogen) atoms. The monoisotopic (exact) mass is 928 g/mol. The van der Waals surface area contributed by atoms with Crippen molar-refractivity contribution in [3.05, 3.63) is 12.2 Å². The molecule has 0 saturated heterocycles. The third-order valence-electron chi connectivity index (χ3n) is 12.7. The van der Waals surface area contributed by atoms with Crippen LogP contribution in [0.4, 0.5) is 0 Å². The quantitative estimate of drug-likeness (QED) is 0.0268. The summed E-state index contributed by atoms with van der Waals surface area (Å²) in [6, 6.07) is 0. The van der Waals surface area contributed by atoms with Gasteiger partial charge in [0.1, 0.15) is 6.10 Å². The molecule has 0 fully saturated rings. The first-order valence-corrected chi connectivity index (χ1v) is 29.7. The number of carbonyl (C=O) groups excluding carboxylic acids is 1. The summed E-state index contributed by atoms with van der Waals surface area (Å²) in [6.45, 7) is 5.00. The molecule has 382 valence electrons. The highest BCUT2D eigenvalue weighted by atomic mass is 31.2. The molecule has 3 N–H and O–H groups in total. The zero-order valence-electron chi connectivity index (χ0n) is 42.8. The minimum absolute atomic E-state index is 0.0919. The van der Waals surface area contributed by atoms with Crippen molar-refractivity contribution in [2.75, 3.05) is 33.0 Å². The van der Waals surface area contributed by atoms with Gasteiger partial charge < -0.3 is 20.1 Å². The largest absolute Gasteiger partial charge is 0.472 e. The van der Waals surface area contributed by atoms with Crippen molar-refractivity contribution in [2.24, 2.45) is 5.73 Å². The van der Waals surface area contributed by atoms with Crippen molar-refractivity contribution in [2.45, 2.75) is 302 Å². The second-order valence-corrected chi connectivity index (χ2v) is 20.6. The molecule has 0 aromatic carbocycles. The van der Waals surface area contributed by atoms with Gasteiger partial charge in [-0.2, -0.15) is 0 Å². The van der Waals surface area contributed by atoms with E-state index >= 15 is 0 Å². The highest BCUT2D eigenvalue weighted by Gasteiger charge is 2.25. The van der Waals surface area contributed by atoms with Gasteiger partial charge in [0.15, 0.2) is 0 Å². The van der Waals surface area contributed by atoms with E-state index in [4.69, 9.17) is 24.3 Å². The zero-order valence-corrected chi connectivity index (χ0v) is 43.7. The van der Waals surface area contributed by atoms with Crippen LogP contribution in [0.15, 0.2) is 12.2 Å². The minimum atomic E-state index is -4.28. The Balaban J connectivity index is 3.82. The summed E-state index contributed by atoms with van der Waals surface area (Å²) >= 11 is 0. The van der Waals surface area contributed by atoms with E-state index in [9.17, 15) is 14.3 Å². The molecule has 0 aromatic rings. The molecule has 0 heterocycles. The number of unbranched alkanes of at least 4 members (excludes halogenated alkanes) is 40. The molecular formula is C55H110NO7P. The fraction of sp³-hybridized carbons (Fsp3) is 0.945. The van der Waals surface area contributed by atoms with Gasteiger partial charge in [0.05, 0.1) is 19.8 Å². The first-order valence-electron chi connectivity index (χ1n) is 28.2. The Labute approximate surface area is 398 Å². The van der Waals surface area contributed by atoms with Crippen LogP contribution < -0.4 is 5.73 Å². The van der Waals surface area contributed by atoms with Crippen LogP contribution in [0.2, 0.25) is 0 Å². The number of phosphoric ester groups is 1. The van der Waals surface area contributed by atoms with Gasteiger partial charge in [-0.15, -0.1) is 0 Å². The van der Waals surface area contributed by atoms with Crippen LogP contribution in [-0.4, -0.2) is 49.9 Å². The van der Waals surface area contributed by atoms with Gasteiger partial charge in [0, 0.05) is 19.6 Å². The molecule has 2 unspecified atom stereocenters. The number of esters is 1. The fourth-order valence-electron chi connectivity index (χ4n) is 8.53. The van der Waals surface area contributed by atoms with Gasteiger partial charge in [0.2, 0.25) is 0 Å². The lowest BCUT2D eigenvalue weighted by Crippen LogP contribution is -2.28. The highest BCUT2D eigenvalue weighted by molar-refractivity contribution is 7.47. The molecule has 9 heteroatoms. The van der Waals surface area contributed by atoms with Crippen LogP contribution in [0.1, 0.15) is 296 Å². The first-order chi connectivity index (χ1) is 31.4. The predicted molar refractivity (Wildman–Crippen MR) is 275 cm³/mol. The normalized spacial score (nSPS) is 13.2. The van der Waals surface area contributed by atoms with Crippen LogP contribution in [0.25, 0.3) is 0 Å². The summed E-state index contributed by atoms with van der Waals surface area (Å²) in [5.74, 6) is -0.325. The molecule has 0 radical (unpaired) electrons. The van der Waals surface area contributed by atoms with Crippen molar-refractivity contribution >= 4 is 13.8 Å².